The monoisotopic (exact) mass is 348 g/mol. The van der Waals surface area contributed by atoms with Crippen LogP contribution in [0.1, 0.15) is 22.8 Å². The molecule has 0 saturated carbocycles. The fourth-order valence-corrected chi connectivity index (χ4v) is 2.54. The van der Waals surface area contributed by atoms with Crippen LogP contribution in [0.3, 0.4) is 0 Å². The molecule has 0 aliphatic rings. The molecule has 0 aliphatic carbocycles. The van der Waals surface area contributed by atoms with Crippen LogP contribution < -0.4 is 9.47 Å². The summed E-state index contributed by atoms with van der Waals surface area (Å²) in [5.74, 6) is 1.40. The molecule has 4 heteroatoms. The number of carbonyl (C=O) groups excluding carboxylic acids is 1. The summed E-state index contributed by atoms with van der Waals surface area (Å²) < 4.78 is 11.5. The third-order valence-electron chi connectivity index (χ3n) is 3.19. The van der Waals surface area contributed by atoms with Crippen molar-refractivity contribution in [2.75, 3.05) is 13.7 Å². The second kappa shape index (κ2) is 7.27. The van der Waals surface area contributed by atoms with E-state index in [1.807, 2.05) is 24.3 Å². The summed E-state index contributed by atoms with van der Waals surface area (Å²) in [6, 6.07) is 13.0. The Hall–Kier alpha value is -1.81. The smallest absolute Gasteiger partial charge is 0.200 e. The number of ether oxygens (including phenoxy) is 2. The molecule has 0 spiro atoms. The van der Waals surface area contributed by atoms with Crippen LogP contribution in [-0.4, -0.2) is 19.5 Å². The van der Waals surface area contributed by atoms with Gasteiger partial charge < -0.3 is 9.47 Å². The Kier molecular flexibility index (Phi) is 5.39. The molecular weight excluding hydrogens is 332 g/mol. The van der Waals surface area contributed by atoms with E-state index < -0.39 is 0 Å². The Morgan fingerprint density at radius 1 is 1.14 bits per heavy atom. The highest BCUT2D eigenvalue weighted by atomic mass is 79.9. The number of para-hydroxylation sites is 1. The SMILES string of the molecule is CCc1ccccc1OCC(=O)c1ccc(OC)c(Br)c1. The molecule has 0 unspecified atom stereocenters. The van der Waals surface area contributed by atoms with Crippen LogP contribution in [0, 0.1) is 0 Å². The number of hydrogen-bond donors (Lipinski definition) is 0. The number of methoxy groups -OCH3 is 1. The second-order valence-corrected chi connectivity index (χ2v) is 5.38. The van der Waals surface area contributed by atoms with Crippen molar-refractivity contribution in [3.05, 3.63) is 58.1 Å². The maximum absolute atomic E-state index is 12.2. The van der Waals surface area contributed by atoms with Gasteiger partial charge in [-0.3, -0.25) is 4.79 Å². The lowest BCUT2D eigenvalue weighted by Crippen LogP contribution is -2.12. The lowest BCUT2D eigenvalue weighted by molar-refractivity contribution is 0.0921. The average Bonchev–Trinajstić information content (AvgIpc) is 2.52. The van der Waals surface area contributed by atoms with Gasteiger partial charge in [0.15, 0.2) is 12.4 Å². The van der Waals surface area contributed by atoms with Crippen molar-refractivity contribution in [1.82, 2.24) is 0 Å². The molecule has 0 amide bonds. The number of ketones is 1. The van der Waals surface area contributed by atoms with Gasteiger partial charge in [0.25, 0.3) is 0 Å². The van der Waals surface area contributed by atoms with Gasteiger partial charge in [-0.2, -0.15) is 0 Å². The zero-order valence-corrected chi connectivity index (χ0v) is 13.6. The molecule has 0 radical (unpaired) electrons. The predicted molar refractivity (Wildman–Crippen MR) is 86.3 cm³/mol. The average molecular weight is 349 g/mol. The first-order valence-corrected chi connectivity index (χ1v) is 7.52. The van der Waals surface area contributed by atoms with Crippen molar-refractivity contribution >= 4 is 21.7 Å². The minimum atomic E-state index is -0.0655. The molecule has 2 rings (SSSR count). The molecule has 0 aromatic heterocycles. The summed E-state index contributed by atoms with van der Waals surface area (Å²) in [6.45, 7) is 2.08. The fourth-order valence-electron chi connectivity index (χ4n) is 2.00. The van der Waals surface area contributed by atoms with Gasteiger partial charge >= 0.3 is 0 Å². The minimum absolute atomic E-state index is 0.0236. The molecule has 0 bridgehead atoms. The van der Waals surface area contributed by atoms with Crippen molar-refractivity contribution in [3.63, 3.8) is 0 Å². The van der Waals surface area contributed by atoms with Gasteiger partial charge in [-0.05, 0) is 52.2 Å². The molecule has 0 saturated heterocycles. The summed E-state index contributed by atoms with van der Waals surface area (Å²) in [5, 5.41) is 0. The summed E-state index contributed by atoms with van der Waals surface area (Å²) >= 11 is 3.38. The Bertz CT molecular complexity index is 638. The highest BCUT2D eigenvalue weighted by Crippen LogP contribution is 2.26. The number of halogens is 1. The molecule has 0 heterocycles. The van der Waals surface area contributed by atoms with Crippen LogP contribution in [0.4, 0.5) is 0 Å². The van der Waals surface area contributed by atoms with Crippen LogP contribution in [0.15, 0.2) is 46.9 Å². The summed E-state index contributed by atoms with van der Waals surface area (Å²) in [6.07, 6.45) is 0.873. The largest absolute Gasteiger partial charge is 0.496 e. The van der Waals surface area contributed by atoms with Crippen molar-refractivity contribution in [2.45, 2.75) is 13.3 Å². The van der Waals surface area contributed by atoms with Gasteiger partial charge in [-0.1, -0.05) is 25.1 Å². The van der Waals surface area contributed by atoms with E-state index in [2.05, 4.69) is 22.9 Å². The normalized spacial score (nSPS) is 10.2. The van der Waals surface area contributed by atoms with Gasteiger partial charge in [0.1, 0.15) is 11.5 Å². The van der Waals surface area contributed by atoms with E-state index in [0.717, 1.165) is 22.2 Å². The van der Waals surface area contributed by atoms with Crippen LogP contribution in [0.25, 0.3) is 0 Å². The zero-order chi connectivity index (χ0) is 15.2. The number of benzene rings is 2. The van der Waals surface area contributed by atoms with Gasteiger partial charge in [-0.25, -0.2) is 0 Å². The lowest BCUT2D eigenvalue weighted by Gasteiger charge is -2.10. The molecule has 3 nitrogen and oxygen atoms in total. The molecule has 0 N–H and O–H groups in total. The van der Waals surface area contributed by atoms with E-state index >= 15 is 0 Å². The van der Waals surface area contributed by atoms with Crippen molar-refractivity contribution < 1.29 is 14.3 Å². The van der Waals surface area contributed by atoms with Crippen LogP contribution in [0.5, 0.6) is 11.5 Å². The Morgan fingerprint density at radius 2 is 1.90 bits per heavy atom. The third kappa shape index (κ3) is 3.85. The number of hydrogen-bond acceptors (Lipinski definition) is 3. The quantitative estimate of drug-likeness (QED) is 0.730. The Balaban J connectivity index is 2.06. The topological polar surface area (TPSA) is 35.5 Å². The van der Waals surface area contributed by atoms with E-state index in [0.29, 0.717) is 11.3 Å². The first-order chi connectivity index (χ1) is 10.2. The summed E-state index contributed by atoms with van der Waals surface area (Å²) in [7, 11) is 1.59. The molecule has 0 atom stereocenters. The maximum atomic E-state index is 12.2. The molecule has 0 fully saturated rings. The second-order valence-electron chi connectivity index (χ2n) is 4.52. The van der Waals surface area contributed by atoms with Gasteiger partial charge in [-0.15, -0.1) is 0 Å². The van der Waals surface area contributed by atoms with Crippen LogP contribution in [-0.2, 0) is 6.42 Å². The van der Waals surface area contributed by atoms with Crippen molar-refractivity contribution in [1.29, 1.82) is 0 Å². The third-order valence-corrected chi connectivity index (χ3v) is 3.81. The van der Waals surface area contributed by atoms with E-state index in [4.69, 9.17) is 9.47 Å². The van der Waals surface area contributed by atoms with Gasteiger partial charge in [0.05, 0.1) is 11.6 Å². The van der Waals surface area contributed by atoms with E-state index in [1.54, 1.807) is 25.3 Å². The molecule has 2 aromatic rings. The standard InChI is InChI=1S/C17H17BrO3/c1-3-12-6-4-5-7-16(12)21-11-15(19)13-8-9-17(20-2)14(18)10-13/h4-10H,3,11H2,1-2H3. The molecule has 110 valence electrons. The van der Waals surface area contributed by atoms with Gasteiger partial charge in [0.2, 0.25) is 0 Å². The Labute approximate surface area is 133 Å². The number of aryl methyl sites for hydroxylation is 1. The molecule has 2 aromatic carbocycles. The highest BCUT2D eigenvalue weighted by molar-refractivity contribution is 9.10. The Morgan fingerprint density at radius 3 is 2.57 bits per heavy atom. The number of Topliss-reactive ketones (excluding diaryl/α,β-unsaturated/α-hetero) is 1. The molecular formula is C17H17BrO3. The number of carbonyl (C=O) groups is 1. The summed E-state index contributed by atoms with van der Waals surface area (Å²) in [4.78, 5) is 12.2. The van der Waals surface area contributed by atoms with E-state index in [1.165, 1.54) is 0 Å². The molecule has 0 aliphatic heterocycles. The van der Waals surface area contributed by atoms with E-state index in [-0.39, 0.29) is 12.4 Å². The maximum Gasteiger partial charge on any atom is 0.200 e. The first kappa shape index (κ1) is 15.6. The first-order valence-electron chi connectivity index (χ1n) is 6.73. The van der Waals surface area contributed by atoms with Gasteiger partial charge in [0, 0.05) is 5.56 Å². The fraction of sp³-hybridized carbons (Fsp3) is 0.235. The molecule has 21 heavy (non-hydrogen) atoms. The minimum Gasteiger partial charge on any atom is -0.496 e. The van der Waals surface area contributed by atoms with E-state index in [9.17, 15) is 4.79 Å². The van der Waals surface area contributed by atoms with Crippen LogP contribution in [0.2, 0.25) is 0 Å². The predicted octanol–water partition coefficient (Wildman–Crippen LogP) is 4.28. The van der Waals surface area contributed by atoms with Crippen molar-refractivity contribution in [3.8, 4) is 11.5 Å². The van der Waals surface area contributed by atoms with Crippen molar-refractivity contribution in [2.24, 2.45) is 0 Å². The lowest BCUT2D eigenvalue weighted by atomic mass is 10.1. The zero-order valence-electron chi connectivity index (χ0n) is 12.1. The van der Waals surface area contributed by atoms with Crippen LogP contribution >= 0.6 is 15.9 Å². The number of rotatable bonds is 6. The summed E-state index contributed by atoms with van der Waals surface area (Å²) in [5.41, 5.74) is 1.69. The highest BCUT2D eigenvalue weighted by Gasteiger charge is 2.11.